The minimum atomic E-state index is -3.53. The zero-order valence-corrected chi connectivity index (χ0v) is 16.2. The van der Waals surface area contributed by atoms with Crippen molar-refractivity contribution >= 4 is 26.0 Å². The van der Waals surface area contributed by atoms with Gasteiger partial charge in [0, 0.05) is 17.6 Å². The van der Waals surface area contributed by atoms with E-state index in [0.29, 0.717) is 10.8 Å². The van der Waals surface area contributed by atoms with Crippen LogP contribution in [-0.2, 0) is 10.0 Å². The molecule has 23 heavy (non-hydrogen) atoms. The van der Waals surface area contributed by atoms with E-state index < -0.39 is 10.0 Å². The molecule has 0 N–H and O–H groups in total. The second kappa shape index (κ2) is 7.16. The van der Waals surface area contributed by atoms with E-state index in [1.54, 1.807) is 19.2 Å². The van der Waals surface area contributed by atoms with E-state index in [0.717, 1.165) is 15.6 Å². The first-order chi connectivity index (χ1) is 10.7. The fourth-order valence-corrected chi connectivity index (χ4v) is 4.37. The molecule has 0 heterocycles. The van der Waals surface area contributed by atoms with Crippen molar-refractivity contribution in [2.24, 2.45) is 0 Å². The maximum absolute atomic E-state index is 12.9. The summed E-state index contributed by atoms with van der Waals surface area (Å²) in [5.74, 6) is 0.378. The van der Waals surface area contributed by atoms with Crippen LogP contribution in [0.4, 0.5) is 0 Å². The van der Waals surface area contributed by atoms with Gasteiger partial charge in [-0.05, 0) is 42.2 Å². The van der Waals surface area contributed by atoms with Crippen LogP contribution in [0.1, 0.15) is 43.9 Å². The summed E-state index contributed by atoms with van der Waals surface area (Å²) < 4.78 is 28.0. The third kappa shape index (κ3) is 3.84. The SMILES string of the molecule is CC(C)c1ccc(S(=O)(=O)N(C)C(C)c2ccccc2Br)cc1. The number of hydrogen-bond donors (Lipinski definition) is 0. The molecule has 2 rings (SSSR count). The van der Waals surface area contributed by atoms with Crippen LogP contribution in [0.2, 0.25) is 0 Å². The molecule has 3 nitrogen and oxygen atoms in total. The molecule has 5 heteroatoms. The van der Waals surface area contributed by atoms with Crippen molar-refractivity contribution < 1.29 is 8.42 Å². The van der Waals surface area contributed by atoms with Crippen LogP contribution >= 0.6 is 15.9 Å². The van der Waals surface area contributed by atoms with Gasteiger partial charge in [-0.3, -0.25) is 0 Å². The van der Waals surface area contributed by atoms with Crippen LogP contribution in [0.5, 0.6) is 0 Å². The Kier molecular flexibility index (Phi) is 5.65. The normalized spacial score (nSPS) is 13.5. The number of nitrogens with zero attached hydrogens (tertiary/aromatic N) is 1. The van der Waals surface area contributed by atoms with Gasteiger partial charge in [-0.1, -0.05) is 60.1 Å². The van der Waals surface area contributed by atoms with Crippen LogP contribution in [-0.4, -0.2) is 19.8 Å². The smallest absolute Gasteiger partial charge is 0.207 e. The third-order valence-electron chi connectivity index (χ3n) is 4.12. The Labute approximate surface area is 147 Å². The predicted octanol–water partition coefficient (Wildman–Crippen LogP) is 4.95. The topological polar surface area (TPSA) is 37.4 Å². The Hall–Kier alpha value is -1.17. The maximum atomic E-state index is 12.9. The minimum absolute atomic E-state index is 0.264. The van der Waals surface area contributed by atoms with Gasteiger partial charge in [0.1, 0.15) is 0 Å². The molecule has 2 aromatic carbocycles. The van der Waals surface area contributed by atoms with Gasteiger partial charge in [0.25, 0.3) is 0 Å². The van der Waals surface area contributed by atoms with Crippen molar-refractivity contribution in [1.82, 2.24) is 4.31 Å². The van der Waals surface area contributed by atoms with Gasteiger partial charge in [0.15, 0.2) is 0 Å². The lowest BCUT2D eigenvalue weighted by molar-refractivity contribution is 0.397. The molecule has 0 aliphatic heterocycles. The van der Waals surface area contributed by atoms with E-state index in [9.17, 15) is 8.42 Å². The standard InChI is InChI=1S/C18H22BrNO2S/c1-13(2)15-9-11-16(12-10-15)23(21,22)20(4)14(3)17-7-5-6-8-18(17)19/h5-14H,1-4H3. The molecular formula is C18H22BrNO2S. The molecule has 0 spiro atoms. The van der Waals surface area contributed by atoms with Crippen molar-refractivity contribution in [2.45, 2.75) is 37.6 Å². The van der Waals surface area contributed by atoms with E-state index >= 15 is 0 Å². The molecule has 0 amide bonds. The average molecular weight is 396 g/mol. The molecule has 124 valence electrons. The summed E-state index contributed by atoms with van der Waals surface area (Å²) in [6.45, 7) is 6.06. The lowest BCUT2D eigenvalue weighted by Crippen LogP contribution is -2.30. The lowest BCUT2D eigenvalue weighted by Gasteiger charge is -2.25. The van der Waals surface area contributed by atoms with E-state index in [1.165, 1.54) is 4.31 Å². The number of rotatable bonds is 5. The van der Waals surface area contributed by atoms with E-state index in [-0.39, 0.29) is 6.04 Å². The Balaban J connectivity index is 2.33. The Morgan fingerprint density at radius 3 is 2.04 bits per heavy atom. The van der Waals surface area contributed by atoms with Crippen LogP contribution in [0, 0.1) is 0 Å². The van der Waals surface area contributed by atoms with Crippen molar-refractivity contribution in [2.75, 3.05) is 7.05 Å². The molecule has 2 aromatic rings. The molecule has 1 unspecified atom stereocenters. The van der Waals surface area contributed by atoms with E-state index in [1.807, 2.05) is 43.3 Å². The molecule has 1 atom stereocenters. The number of halogens is 1. The Morgan fingerprint density at radius 2 is 1.52 bits per heavy atom. The summed E-state index contributed by atoms with van der Waals surface area (Å²) in [6, 6.07) is 14.6. The largest absolute Gasteiger partial charge is 0.243 e. The molecule has 0 saturated carbocycles. The molecule has 0 aromatic heterocycles. The summed E-state index contributed by atoms with van der Waals surface area (Å²) >= 11 is 3.49. The highest BCUT2D eigenvalue weighted by Crippen LogP contribution is 2.30. The summed E-state index contributed by atoms with van der Waals surface area (Å²) in [5.41, 5.74) is 2.07. The second-order valence-electron chi connectivity index (χ2n) is 5.94. The van der Waals surface area contributed by atoms with Crippen LogP contribution < -0.4 is 0 Å². The molecule has 0 bridgehead atoms. The number of benzene rings is 2. The first-order valence-electron chi connectivity index (χ1n) is 7.57. The second-order valence-corrected chi connectivity index (χ2v) is 8.79. The van der Waals surface area contributed by atoms with Gasteiger partial charge in [0.05, 0.1) is 4.90 Å². The quantitative estimate of drug-likeness (QED) is 0.717. The number of sulfonamides is 1. The van der Waals surface area contributed by atoms with Crippen molar-refractivity contribution in [3.05, 3.63) is 64.1 Å². The summed E-state index contributed by atoms with van der Waals surface area (Å²) in [5, 5.41) is 0. The van der Waals surface area contributed by atoms with Crippen LogP contribution in [0.3, 0.4) is 0 Å². The fourth-order valence-electron chi connectivity index (χ4n) is 2.41. The molecule has 0 saturated heterocycles. The van der Waals surface area contributed by atoms with Gasteiger partial charge >= 0.3 is 0 Å². The minimum Gasteiger partial charge on any atom is -0.207 e. The van der Waals surface area contributed by atoms with E-state index in [2.05, 4.69) is 29.8 Å². The zero-order chi connectivity index (χ0) is 17.2. The van der Waals surface area contributed by atoms with Gasteiger partial charge < -0.3 is 0 Å². The highest BCUT2D eigenvalue weighted by Gasteiger charge is 2.27. The summed E-state index contributed by atoms with van der Waals surface area (Å²) in [4.78, 5) is 0.323. The predicted molar refractivity (Wildman–Crippen MR) is 98.0 cm³/mol. The first kappa shape index (κ1) is 18.2. The Morgan fingerprint density at radius 1 is 0.957 bits per heavy atom. The van der Waals surface area contributed by atoms with Crippen molar-refractivity contribution in [3.8, 4) is 0 Å². The van der Waals surface area contributed by atoms with Gasteiger partial charge in [-0.2, -0.15) is 4.31 Å². The van der Waals surface area contributed by atoms with Crippen molar-refractivity contribution in [3.63, 3.8) is 0 Å². The summed E-state index contributed by atoms with van der Waals surface area (Å²) in [6.07, 6.45) is 0. The highest BCUT2D eigenvalue weighted by molar-refractivity contribution is 9.10. The molecule has 0 aliphatic rings. The maximum Gasteiger partial charge on any atom is 0.243 e. The van der Waals surface area contributed by atoms with Gasteiger partial charge in [-0.25, -0.2) is 8.42 Å². The van der Waals surface area contributed by atoms with Gasteiger partial charge in [-0.15, -0.1) is 0 Å². The molecule has 0 radical (unpaired) electrons. The average Bonchev–Trinajstić information content (AvgIpc) is 2.54. The van der Waals surface area contributed by atoms with E-state index in [4.69, 9.17) is 0 Å². The third-order valence-corrected chi connectivity index (χ3v) is 6.79. The fraction of sp³-hybridized carbons (Fsp3) is 0.333. The lowest BCUT2D eigenvalue weighted by atomic mass is 10.0. The van der Waals surface area contributed by atoms with Crippen molar-refractivity contribution in [1.29, 1.82) is 0 Å². The van der Waals surface area contributed by atoms with Crippen LogP contribution in [0.25, 0.3) is 0 Å². The highest BCUT2D eigenvalue weighted by atomic mass is 79.9. The molecule has 0 fully saturated rings. The molecule has 0 aliphatic carbocycles. The van der Waals surface area contributed by atoms with Crippen LogP contribution in [0.15, 0.2) is 57.9 Å². The number of hydrogen-bond acceptors (Lipinski definition) is 2. The summed E-state index contributed by atoms with van der Waals surface area (Å²) in [7, 11) is -1.91. The first-order valence-corrected chi connectivity index (χ1v) is 9.81. The van der Waals surface area contributed by atoms with Gasteiger partial charge in [0.2, 0.25) is 10.0 Å². The molecular weight excluding hydrogens is 374 g/mol. The Bertz CT molecular complexity index is 770. The monoisotopic (exact) mass is 395 g/mol. The zero-order valence-electron chi connectivity index (χ0n) is 13.8.